The van der Waals surface area contributed by atoms with Crippen LogP contribution in [-0.2, 0) is 0 Å². The van der Waals surface area contributed by atoms with E-state index in [1.165, 1.54) is 27.4 Å². The zero-order valence-corrected chi connectivity index (χ0v) is 21.9. The van der Waals surface area contributed by atoms with Gasteiger partial charge in [-0.1, -0.05) is 72.8 Å². The monoisotopic (exact) mass is 526 g/mol. The van der Waals surface area contributed by atoms with Gasteiger partial charge in [-0.2, -0.15) is 0 Å². The van der Waals surface area contributed by atoms with Gasteiger partial charge in [0.15, 0.2) is 5.58 Å². The van der Waals surface area contributed by atoms with Crippen molar-refractivity contribution in [3.63, 3.8) is 0 Å². The molecule has 0 unspecified atom stereocenters. The highest BCUT2D eigenvalue weighted by Crippen LogP contribution is 2.38. The van der Waals surface area contributed by atoms with E-state index in [-0.39, 0.29) is 0 Å². The first kappa shape index (κ1) is 22.2. The fraction of sp³-hybridized carbons (Fsp3) is 0. The molecule has 41 heavy (non-hydrogen) atoms. The number of furan rings is 1. The molecule has 0 aliphatic heterocycles. The molecule has 192 valence electrons. The molecule has 3 heterocycles. The molecule has 0 saturated carbocycles. The van der Waals surface area contributed by atoms with Crippen LogP contribution in [0, 0.1) is 0 Å². The van der Waals surface area contributed by atoms with E-state index in [1.807, 2.05) is 30.3 Å². The van der Waals surface area contributed by atoms with Crippen molar-refractivity contribution >= 4 is 54.8 Å². The van der Waals surface area contributed by atoms with Crippen molar-refractivity contribution in [2.45, 2.75) is 0 Å². The number of hydrogen-bond acceptors (Lipinski definition) is 3. The molecule has 0 fully saturated rings. The molecular weight excluding hydrogens is 504 g/mol. The van der Waals surface area contributed by atoms with Crippen LogP contribution in [0.1, 0.15) is 0 Å². The highest BCUT2D eigenvalue weighted by Gasteiger charge is 2.17. The van der Waals surface area contributed by atoms with Crippen LogP contribution in [0.2, 0.25) is 0 Å². The minimum absolute atomic E-state index is 0.603. The summed E-state index contributed by atoms with van der Waals surface area (Å²) in [6, 6.07) is 46.3. The normalized spacial score (nSPS) is 11.9. The highest BCUT2D eigenvalue weighted by molar-refractivity contribution is 6.16. The fourth-order valence-corrected chi connectivity index (χ4v) is 6.13. The molecule has 0 atom stereocenters. The third-order valence-electron chi connectivity index (χ3n) is 8.05. The van der Waals surface area contributed by atoms with Crippen LogP contribution in [0.5, 0.6) is 0 Å². The molecule has 0 spiro atoms. The lowest BCUT2D eigenvalue weighted by Gasteiger charge is -2.08. The Labute approximate surface area is 234 Å². The number of para-hydroxylation sites is 3. The van der Waals surface area contributed by atoms with E-state index < -0.39 is 0 Å². The number of fused-ring (bicyclic) bond motifs is 8. The summed E-state index contributed by atoms with van der Waals surface area (Å²) in [6.07, 6.45) is 0. The Balaban J connectivity index is 1.14. The van der Waals surface area contributed by atoms with E-state index in [9.17, 15) is 0 Å². The minimum Gasteiger partial charge on any atom is -0.456 e. The van der Waals surface area contributed by atoms with Gasteiger partial charge in [0.1, 0.15) is 16.7 Å². The second kappa shape index (κ2) is 8.44. The standard InChI is InChI=1S/C37H22N2O2/c1-2-8-26(9-3-1)39-31-12-6-4-10-27(31)29-22-25(18-20-32(29)39)23-14-16-24(17-15-23)37-38-30-19-21-34-35(36(30)41-37)28-11-5-7-13-33(28)40-34/h1-22H. The third-order valence-corrected chi connectivity index (χ3v) is 8.05. The maximum Gasteiger partial charge on any atom is 0.227 e. The van der Waals surface area contributed by atoms with Crippen LogP contribution >= 0.6 is 0 Å². The highest BCUT2D eigenvalue weighted by atomic mass is 16.4. The molecule has 9 aromatic rings. The van der Waals surface area contributed by atoms with Crippen molar-refractivity contribution in [2.24, 2.45) is 0 Å². The lowest BCUT2D eigenvalue weighted by atomic mass is 10.0. The summed E-state index contributed by atoms with van der Waals surface area (Å²) in [5, 5.41) is 4.49. The largest absolute Gasteiger partial charge is 0.456 e. The summed E-state index contributed by atoms with van der Waals surface area (Å²) in [4.78, 5) is 4.82. The van der Waals surface area contributed by atoms with Gasteiger partial charge < -0.3 is 13.4 Å². The van der Waals surface area contributed by atoms with E-state index >= 15 is 0 Å². The summed E-state index contributed by atoms with van der Waals surface area (Å²) < 4.78 is 14.7. The second-order valence-corrected chi connectivity index (χ2v) is 10.4. The smallest absolute Gasteiger partial charge is 0.227 e. The summed E-state index contributed by atoms with van der Waals surface area (Å²) in [7, 11) is 0. The first-order valence-corrected chi connectivity index (χ1v) is 13.7. The molecule has 4 nitrogen and oxygen atoms in total. The van der Waals surface area contributed by atoms with E-state index in [0.717, 1.165) is 49.9 Å². The van der Waals surface area contributed by atoms with Crippen LogP contribution < -0.4 is 0 Å². The first-order chi connectivity index (χ1) is 20.3. The molecule has 0 amide bonds. The number of aromatic nitrogens is 2. The minimum atomic E-state index is 0.603. The summed E-state index contributed by atoms with van der Waals surface area (Å²) in [5.41, 5.74) is 10.1. The summed E-state index contributed by atoms with van der Waals surface area (Å²) in [6.45, 7) is 0. The molecule has 0 aliphatic carbocycles. The van der Waals surface area contributed by atoms with Gasteiger partial charge in [-0.25, -0.2) is 4.98 Å². The predicted octanol–water partition coefficient (Wildman–Crippen LogP) is 10.2. The maximum absolute atomic E-state index is 6.36. The van der Waals surface area contributed by atoms with Crippen molar-refractivity contribution in [2.75, 3.05) is 0 Å². The van der Waals surface area contributed by atoms with Gasteiger partial charge in [0, 0.05) is 27.4 Å². The van der Waals surface area contributed by atoms with Gasteiger partial charge >= 0.3 is 0 Å². The fourth-order valence-electron chi connectivity index (χ4n) is 6.13. The molecule has 0 aliphatic rings. The predicted molar refractivity (Wildman–Crippen MR) is 166 cm³/mol. The Bertz CT molecular complexity index is 2410. The average Bonchev–Trinajstić information content (AvgIpc) is 3.73. The molecule has 0 radical (unpaired) electrons. The van der Waals surface area contributed by atoms with Crippen molar-refractivity contribution < 1.29 is 8.83 Å². The Morgan fingerprint density at radius 3 is 2.07 bits per heavy atom. The number of nitrogens with zero attached hydrogens (tertiary/aromatic N) is 2. The van der Waals surface area contributed by atoms with Gasteiger partial charge in [0.2, 0.25) is 5.89 Å². The molecule has 3 aromatic heterocycles. The molecule has 9 rings (SSSR count). The number of hydrogen-bond donors (Lipinski definition) is 0. The quantitative estimate of drug-likeness (QED) is 0.230. The summed E-state index contributed by atoms with van der Waals surface area (Å²) in [5.74, 6) is 0.603. The lowest BCUT2D eigenvalue weighted by Crippen LogP contribution is -1.92. The van der Waals surface area contributed by atoms with E-state index in [0.29, 0.717) is 5.89 Å². The summed E-state index contributed by atoms with van der Waals surface area (Å²) >= 11 is 0. The van der Waals surface area contributed by atoms with E-state index in [4.69, 9.17) is 13.8 Å². The molecular formula is C37H22N2O2. The van der Waals surface area contributed by atoms with E-state index in [1.54, 1.807) is 0 Å². The lowest BCUT2D eigenvalue weighted by molar-refractivity contribution is 0.622. The van der Waals surface area contributed by atoms with Crippen LogP contribution in [0.4, 0.5) is 0 Å². The Hall–Kier alpha value is -5.61. The third kappa shape index (κ3) is 3.31. The van der Waals surface area contributed by atoms with Gasteiger partial charge in [-0.15, -0.1) is 0 Å². The topological polar surface area (TPSA) is 44.1 Å². The SMILES string of the molecule is c1ccc(-n2c3ccccc3c3cc(-c4ccc(-c5nc6ccc7oc8ccccc8c7c6o5)cc4)ccc32)cc1. The zero-order valence-electron chi connectivity index (χ0n) is 21.9. The van der Waals surface area contributed by atoms with Crippen molar-refractivity contribution in [3.8, 4) is 28.3 Å². The number of rotatable bonds is 3. The van der Waals surface area contributed by atoms with Gasteiger partial charge in [-0.05, 0) is 71.8 Å². The van der Waals surface area contributed by atoms with Gasteiger partial charge in [0.05, 0.1) is 16.4 Å². The van der Waals surface area contributed by atoms with Gasteiger partial charge in [0.25, 0.3) is 0 Å². The van der Waals surface area contributed by atoms with Crippen molar-refractivity contribution in [1.29, 1.82) is 0 Å². The Morgan fingerprint density at radius 2 is 1.20 bits per heavy atom. The molecule has 0 saturated heterocycles. The van der Waals surface area contributed by atoms with Crippen LogP contribution in [0.3, 0.4) is 0 Å². The molecule has 0 bridgehead atoms. The average molecular weight is 527 g/mol. The molecule has 0 N–H and O–H groups in total. The maximum atomic E-state index is 6.36. The van der Waals surface area contributed by atoms with Crippen LogP contribution in [0.15, 0.2) is 142 Å². The zero-order chi connectivity index (χ0) is 26.9. The van der Waals surface area contributed by atoms with Crippen LogP contribution in [-0.4, -0.2) is 9.55 Å². The number of benzene rings is 6. The Kier molecular flexibility index (Phi) is 4.58. The van der Waals surface area contributed by atoms with Crippen molar-refractivity contribution in [1.82, 2.24) is 9.55 Å². The van der Waals surface area contributed by atoms with Crippen LogP contribution in [0.25, 0.3) is 83.1 Å². The molecule has 6 aromatic carbocycles. The van der Waals surface area contributed by atoms with Gasteiger partial charge in [-0.3, -0.25) is 0 Å². The van der Waals surface area contributed by atoms with E-state index in [2.05, 4.69) is 108 Å². The molecule has 4 heteroatoms. The van der Waals surface area contributed by atoms with Crippen molar-refractivity contribution in [3.05, 3.63) is 133 Å². The second-order valence-electron chi connectivity index (χ2n) is 10.4. The number of oxazole rings is 1. The Morgan fingerprint density at radius 1 is 0.488 bits per heavy atom. The first-order valence-electron chi connectivity index (χ1n) is 13.7.